The third-order valence-electron chi connectivity index (χ3n) is 3.51. The summed E-state index contributed by atoms with van der Waals surface area (Å²) in [6.07, 6.45) is 4.43. The maximum absolute atomic E-state index is 11.9. The molecule has 0 unspecified atom stereocenters. The normalized spacial score (nSPS) is 19.1. The van der Waals surface area contributed by atoms with Crippen LogP contribution in [0.2, 0.25) is 0 Å². The second-order valence-electron chi connectivity index (χ2n) is 4.36. The summed E-state index contributed by atoms with van der Waals surface area (Å²) in [5.74, 6) is 0.335. The first-order chi connectivity index (χ1) is 7.15. The molecule has 0 N–H and O–H groups in total. The highest BCUT2D eigenvalue weighted by Crippen LogP contribution is 2.42. The van der Waals surface area contributed by atoms with Gasteiger partial charge in [0, 0.05) is 3.57 Å². The van der Waals surface area contributed by atoms with Crippen LogP contribution in [0, 0.1) is 3.57 Å². The monoisotopic (exact) mass is 314 g/mol. The van der Waals surface area contributed by atoms with Crippen LogP contribution >= 0.6 is 22.6 Å². The summed E-state index contributed by atoms with van der Waals surface area (Å²) < 4.78 is 1.22. The molecule has 1 nitrogen and oxygen atoms in total. The summed E-state index contributed by atoms with van der Waals surface area (Å²) >= 11 is 2.31. The predicted octanol–water partition coefficient (Wildman–Crippen LogP) is 3.69. The quantitative estimate of drug-likeness (QED) is 0.761. The van der Waals surface area contributed by atoms with Gasteiger partial charge in [-0.15, -0.1) is 0 Å². The number of hydrogen-bond acceptors (Lipinski definition) is 1. The molecule has 1 aliphatic rings. The topological polar surface area (TPSA) is 17.1 Å². The molecule has 1 fully saturated rings. The van der Waals surface area contributed by atoms with E-state index in [1.165, 1.54) is 22.0 Å². The molecule has 0 radical (unpaired) electrons. The van der Waals surface area contributed by atoms with Gasteiger partial charge in [0.15, 0.2) is 0 Å². The predicted molar refractivity (Wildman–Crippen MR) is 70.0 cm³/mol. The van der Waals surface area contributed by atoms with E-state index in [1.54, 1.807) is 6.92 Å². The van der Waals surface area contributed by atoms with E-state index in [0.717, 1.165) is 12.8 Å². The second kappa shape index (κ2) is 4.24. The molecule has 1 aliphatic carbocycles. The summed E-state index contributed by atoms with van der Waals surface area (Å²) in [7, 11) is 0. The van der Waals surface area contributed by atoms with E-state index in [9.17, 15) is 4.79 Å². The Morgan fingerprint density at radius 2 is 2.00 bits per heavy atom. The lowest BCUT2D eigenvalue weighted by atomic mass is 9.76. The van der Waals surface area contributed by atoms with E-state index in [4.69, 9.17) is 0 Å². The van der Waals surface area contributed by atoms with Crippen LogP contribution in [0.4, 0.5) is 0 Å². The number of carbonyl (C=O) groups is 1. The second-order valence-corrected chi connectivity index (χ2v) is 5.60. The van der Waals surface area contributed by atoms with Gasteiger partial charge in [-0.3, -0.25) is 4.79 Å². The van der Waals surface area contributed by atoms with Crippen LogP contribution in [-0.2, 0) is 10.2 Å². The van der Waals surface area contributed by atoms with Crippen LogP contribution in [0.5, 0.6) is 0 Å². The highest BCUT2D eigenvalue weighted by molar-refractivity contribution is 14.1. The van der Waals surface area contributed by atoms with Crippen LogP contribution in [-0.4, -0.2) is 5.78 Å². The van der Waals surface area contributed by atoms with E-state index in [1.807, 2.05) is 0 Å². The highest BCUT2D eigenvalue weighted by Gasteiger charge is 2.39. The molecular weight excluding hydrogens is 299 g/mol. The molecule has 15 heavy (non-hydrogen) atoms. The van der Waals surface area contributed by atoms with Crippen LogP contribution in [0.25, 0.3) is 0 Å². The molecule has 2 heteroatoms. The van der Waals surface area contributed by atoms with Gasteiger partial charge in [-0.1, -0.05) is 25.0 Å². The molecule has 0 heterocycles. The fourth-order valence-electron chi connectivity index (χ4n) is 2.61. The number of carbonyl (C=O) groups excluding carboxylic acids is 1. The fraction of sp³-hybridized carbons (Fsp3) is 0.462. The molecule has 2 rings (SSSR count). The Kier molecular flexibility index (Phi) is 3.14. The van der Waals surface area contributed by atoms with Gasteiger partial charge in [0.1, 0.15) is 5.78 Å². The van der Waals surface area contributed by atoms with Crippen molar-refractivity contribution in [3.05, 3.63) is 33.4 Å². The summed E-state index contributed by atoms with van der Waals surface area (Å²) in [5, 5.41) is 0. The fourth-order valence-corrected chi connectivity index (χ4v) is 3.15. The van der Waals surface area contributed by atoms with E-state index >= 15 is 0 Å². The summed E-state index contributed by atoms with van der Waals surface area (Å²) in [6, 6.07) is 8.40. The standard InChI is InChI=1S/C13H15IO/c1-10(15)13(7-2-3-8-13)11-5-4-6-12(14)9-11/h4-6,9H,2-3,7-8H2,1H3. The number of halogens is 1. The van der Waals surface area contributed by atoms with Crippen LogP contribution < -0.4 is 0 Å². The maximum Gasteiger partial charge on any atom is 0.140 e. The lowest BCUT2D eigenvalue weighted by molar-refractivity contribution is -0.122. The molecule has 0 bridgehead atoms. The number of hydrogen-bond donors (Lipinski definition) is 0. The van der Waals surface area contributed by atoms with Crippen molar-refractivity contribution in [2.45, 2.75) is 38.0 Å². The average Bonchev–Trinajstić information content (AvgIpc) is 2.67. The van der Waals surface area contributed by atoms with E-state index in [0.29, 0.717) is 5.78 Å². The van der Waals surface area contributed by atoms with Gasteiger partial charge >= 0.3 is 0 Å². The molecule has 0 aromatic heterocycles. The van der Waals surface area contributed by atoms with E-state index < -0.39 is 0 Å². The van der Waals surface area contributed by atoms with Gasteiger partial charge in [-0.05, 0) is 60.1 Å². The minimum Gasteiger partial charge on any atom is -0.299 e. The summed E-state index contributed by atoms with van der Waals surface area (Å²) in [4.78, 5) is 11.9. The van der Waals surface area contributed by atoms with Crippen molar-refractivity contribution in [2.75, 3.05) is 0 Å². The average molecular weight is 314 g/mol. The first-order valence-electron chi connectivity index (χ1n) is 5.42. The van der Waals surface area contributed by atoms with Gasteiger partial charge < -0.3 is 0 Å². The van der Waals surface area contributed by atoms with Gasteiger partial charge in [-0.25, -0.2) is 0 Å². The zero-order valence-electron chi connectivity index (χ0n) is 8.92. The lowest BCUT2D eigenvalue weighted by Crippen LogP contribution is -2.30. The highest BCUT2D eigenvalue weighted by atomic mass is 127. The largest absolute Gasteiger partial charge is 0.299 e. The minimum atomic E-state index is -0.165. The molecule has 0 saturated heterocycles. The van der Waals surface area contributed by atoms with Crippen molar-refractivity contribution in [3.8, 4) is 0 Å². The van der Waals surface area contributed by atoms with Crippen LogP contribution in [0.1, 0.15) is 38.2 Å². The third-order valence-corrected chi connectivity index (χ3v) is 4.18. The SMILES string of the molecule is CC(=O)C1(c2cccc(I)c2)CCCC1. The molecule has 80 valence electrons. The number of Topliss-reactive ketones (excluding diaryl/α,β-unsaturated/α-hetero) is 1. The molecule has 1 aromatic carbocycles. The molecule has 0 spiro atoms. The number of ketones is 1. The summed E-state index contributed by atoms with van der Waals surface area (Å²) in [5.41, 5.74) is 1.06. The molecule has 0 aliphatic heterocycles. The first-order valence-corrected chi connectivity index (χ1v) is 6.50. The molecule has 0 atom stereocenters. The zero-order valence-corrected chi connectivity index (χ0v) is 11.1. The van der Waals surface area contributed by atoms with E-state index in [2.05, 4.69) is 46.9 Å². The Morgan fingerprint density at radius 3 is 2.53 bits per heavy atom. The smallest absolute Gasteiger partial charge is 0.140 e. The summed E-state index contributed by atoms with van der Waals surface area (Å²) in [6.45, 7) is 1.74. The van der Waals surface area contributed by atoms with Crippen LogP contribution in [0.3, 0.4) is 0 Å². The Labute approximate surface area is 104 Å². The van der Waals surface area contributed by atoms with Crippen molar-refractivity contribution in [1.82, 2.24) is 0 Å². The van der Waals surface area contributed by atoms with Crippen molar-refractivity contribution in [3.63, 3.8) is 0 Å². The van der Waals surface area contributed by atoms with Gasteiger partial charge in [0.25, 0.3) is 0 Å². The third kappa shape index (κ3) is 1.96. The van der Waals surface area contributed by atoms with E-state index in [-0.39, 0.29) is 5.41 Å². The lowest BCUT2D eigenvalue weighted by Gasteiger charge is -2.26. The molecule has 1 saturated carbocycles. The Morgan fingerprint density at radius 1 is 1.33 bits per heavy atom. The number of benzene rings is 1. The van der Waals surface area contributed by atoms with Crippen molar-refractivity contribution in [1.29, 1.82) is 0 Å². The molecule has 0 amide bonds. The molecule has 1 aromatic rings. The Balaban J connectivity index is 2.45. The molecular formula is C13H15IO. The van der Waals surface area contributed by atoms with Gasteiger partial charge in [-0.2, -0.15) is 0 Å². The first kappa shape index (κ1) is 11.1. The van der Waals surface area contributed by atoms with Crippen molar-refractivity contribution < 1.29 is 4.79 Å². The van der Waals surface area contributed by atoms with Crippen molar-refractivity contribution in [2.24, 2.45) is 0 Å². The Hall–Kier alpha value is -0.380. The number of rotatable bonds is 2. The zero-order chi connectivity index (χ0) is 10.9. The van der Waals surface area contributed by atoms with Gasteiger partial charge in [0.2, 0.25) is 0 Å². The Bertz CT molecular complexity index is 378. The van der Waals surface area contributed by atoms with Crippen LogP contribution in [0.15, 0.2) is 24.3 Å². The van der Waals surface area contributed by atoms with Crippen molar-refractivity contribution >= 4 is 28.4 Å². The minimum absolute atomic E-state index is 0.165. The van der Waals surface area contributed by atoms with Gasteiger partial charge in [0.05, 0.1) is 5.41 Å². The maximum atomic E-state index is 11.9.